The van der Waals surface area contributed by atoms with Gasteiger partial charge in [-0.05, 0) is 40.9 Å². The molecule has 102 valence electrons. The lowest BCUT2D eigenvalue weighted by atomic mass is 9.86. The highest BCUT2D eigenvalue weighted by molar-refractivity contribution is 5.12. The molecule has 1 N–H and O–H groups in total. The van der Waals surface area contributed by atoms with E-state index in [0.29, 0.717) is 6.04 Å². The number of rotatable bonds is 5. The molecule has 1 saturated carbocycles. The van der Waals surface area contributed by atoms with Gasteiger partial charge in [-0.3, -0.25) is 0 Å². The van der Waals surface area contributed by atoms with Gasteiger partial charge in [-0.25, -0.2) is 4.98 Å². The van der Waals surface area contributed by atoms with E-state index in [1.165, 1.54) is 31.5 Å². The number of aromatic nitrogens is 2. The molecular formula is C14H26N4. The second-order valence-corrected chi connectivity index (χ2v) is 5.50. The SMILES string of the molecule is CCn1ccnc1C(NC)C1(N(C)C)CCCC1. The van der Waals surface area contributed by atoms with Gasteiger partial charge in [0.2, 0.25) is 0 Å². The molecule has 4 heteroatoms. The minimum absolute atomic E-state index is 0.215. The summed E-state index contributed by atoms with van der Waals surface area (Å²) in [6.45, 7) is 3.16. The highest BCUT2D eigenvalue weighted by atomic mass is 15.2. The van der Waals surface area contributed by atoms with Crippen molar-refractivity contribution in [3.05, 3.63) is 18.2 Å². The van der Waals surface area contributed by atoms with Crippen molar-refractivity contribution in [2.24, 2.45) is 0 Å². The molecule has 0 bridgehead atoms. The van der Waals surface area contributed by atoms with E-state index in [2.05, 4.69) is 54.0 Å². The Labute approximate surface area is 110 Å². The van der Waals surface area contributed by atoms with E-state index in [1.807, 2.05) is 6.20 Å². The molecule has 1 aliphatic carbocycles. The molecule has 4 nitrogen and oxygen atoms in total. The summed E-state index contributed by atoms with van der Waals surface area (Å²) in [7, 11) is 6.46. The van der Waals surface area contributed by atoms with Crippen molar-refractivity contribution in [2.45, 2.75) is 50.7 Å². The second kappa shape index (κ2) is 5.41. The molecule has 1 aliphatic rings. The maximum atomic E-state index is 4.60. The Bertz CT molecular complexity index is 377. The lowest BCUT2D eigenvalue weighted by molar-refractivity contribution is 0.103. The van der Waals surface area contributed by atoms with Gasteiger partial charge in [0.25, 0.3) is 0 Å². The number of hydrogen-bond donors (Lipinski definition) is 1. The van der Waals surface area contributed by atoms with Crippen molar-refractivity contribution in [1.82, 2.24) is 19.8 Å². The van der Waals surface area contributed by atoms with Crippen LogP contribution in [0.1, 0.15) is 44.5 Å². The largest absolute Gasteiger partial charge is 0.334 e. The van der Waals surface area contributed by atoms with E-state index in [0.717, 1.165) is 6.54 Å². The lowest BCUT2D eigenvalue weighted by Crippen LogP contribution is -2.52. The van der Waals surface area contributed by atoms with Crippen LogP contribution in [0.5, 0.6) is 0 Å². The van der Waals surface area contributed by atoms with Crippen molar-refractivity contribution >= 4 is 0 Å². The van der Waals surface area contributed by atoms with Crippen LogP contribution in [0.2, 0.25) is 0 Å². The number of aryl methyl sites for hydroxylation is 1. The maximum absolute atomic E-state index is 4.60. The molecule has 1 heterocycles. The van der Waals surface area contributed by atoms with Crippen LogP contribution >= 0.6 is 0 Å². The second-order valence-electron chi connectivity index (χ2n) is 5.50. The summed E-state index contributed by atoms with van der Waals surface area (Å²) in [6.07, 6.45) is 9.15. The predicted octanol–water partition coefficient (Wildman–Crippen LogP) is 2.04. The first-order valence-corrected chi connectivity index (χ1v) is 7.01. The van der Waals surface area contributed by atoms with E-state index in [-0.39, 0.29) is 5.54 Å². The van der Waals surface area contributed by atoms with Crippen LogP contribution in [-0.4, -0.2) is 41.1 Å². The molecule has 0 spiro atoms. The topological polar surface area (TPSA) is 33.1 Å². The zero-order valence-electron chi connectivity index (χ0n) is 12.1. The Balaban J connectivity index is 2.37. The molecule has 1 atom stereocenters. The fourth-order valence-electron chi connectivity index (χ4n) is 3.47. The Kier molecular flexibility index (Phi) is 4.07. The van der Waals surface area contributed by atoms with Crippen LogP contribution in [0.4, 0.5) is 0 Å². The number of likely N-dealkylation sites (N-methyl/N-ethyl adjacent to an activating group) is 2. The van der Waals surface area contributed by atoms with E-state index in [4.69, 9.17) is 0 Å². The molecule has 1 aromatic heterocycles. The van der Waals surface area contributed by atoms with E-state index >= 15 is 0 Å². The van der Waals surface area contributed by atoms with Crippen molar-refractivity contribution in [1.29, 1.82) is 0 Å². The number of hydrogen-bond acceptors (Lipinski definition) is 3. The number of nitrogens with zero attached hydrogens (tertiary/aromatic N) is 3. The Morgan fingerprint density at radius 1 is 1.44 bits per heavy atom. The Morgan fingerprint density at radius 3 is 2.61 bits per heavy atom. The summed E-state index contributed by atoms with van der Waals surface area (Å²) in [5, 5.41) is 3.52. The van der Waals surface area contributed by atoms with Gasteiger partial charge in [-0.1, -0.05) is 12.8 Å². The summed E-state index contributed by atoms with van der Waals surface area (Å²) < 4.78 is 2.25. The first-order valence-electron chi connectivity index (χ1n) is 7.01. The van der Waals surface area contributed by atoms with Gasteiger partial charge in [0.1, 0.15) is 5.82 Å². The first kappa shape index (κ1) is 13.6. The van der Waals surface area contributed by atoms with Crippen LogP contribution in [0.3, 0.4) is 0 Å². The molecule has 1 fully saturated rings. The first-order chi connectivity index (χ1) is 8.65. The molecule has 18 heavy (non-hydrogen) atoms. The Hall–Kier alpha value is -0.870. The monoisotopic (exact) mass is 250 g/mol. The van der Waals surface area contributed by atoms with Gasteiger partial charge < -0.3 is 14.8 Å². The normalized spacial score (nSPS) is 20.5. The molecule has 0 radical (unpaired) electrons. The third-order valence-corrected chi connectivity index (χ3v) is 4.53. The summed E-state index contributed by atoms with van der Waals surface area (Å²) >= 11 is 0. The molecule has 0 aromatic carbocycles. The third-order valence-electron chi connectivity index (χ3n) is 4.53. The van der Waals surface area contributed by atoms with Gasteiger partial charge >= 0.3 is 0 Å². The molecular weight excluding hydrogens is 224 g/mol. The zero-order valence-corrected chi connectivity index (χ0v) is 12.1. The molecule has 2 rings (SSSR count). The van der Waals surface area contributed by atoms with Crippen molar-refractivity contribution in [3.63, 3.8) is 0 Å². The van der Waals surface area contributed by atoms with Crippen LogP contribution in [0.25, 0.3) is 0 Å². The van der Waals surface area contributed by atoms with Gasteiger partial charge in [0.05, 0.1) is 6.04 Å². The molecule has 0 aliphatic heterocycles. The summed E-state index contributed by atoms with van der Waals surface area (Å²) in [5.41, 5.74) is 0.215. The summed E-state index contributed by atoms with van der Waals surface area (Å²) in [4.78, 5) is 7.00. The van der Waals surface area contributed by atoms with Crippen LogP contribution in [-0.2, 0) is 6.54 Å². The van der Waals surface area contributed by atoms with E-state index in [1.54, 1.807) is 0 Å². The molecule has 0 amide bonds. The standard InChI is InChI=1S/C14H26N4/c1-5-18-11-10-16-13(18)12(15-2)14(17(3)4)8-6-7-9-14/h10-12,15H,5-9H2,1-4H3. The van der Waals surface area contributed by atoms with Crippen molar-refractivity contribution in [3.8, 4) is 0 Å². The predicted molar refractivity (Wildman–Crippen MR) is 74.6 cm³/mol. The van der Waals surface area contributed by atoms with Crippen LogP contribution in [0.15, 0.2) is 12.4 Å². The summed E-state index contributed by atoms with van der Waals surface area (Å²) in [5.74, 6) is 1.18. The molecule has 0 saturated heterocycles. The van der Waals surface area contributed by atoms with E-state index in [9.17, 15) is 0 Å². The van der Waals surface area contributed by atoms with Crippen LogP contribution < -0.4 is 5.32 Å². The summed E-state index contributed by atoms with van der Waals surface area (Å²) in [6, 6.07) is 0.310. The maximum Gasteiger partial charge on any atom is 0.127 e. The van der Waals surface area contributed by atoms with Crippen molar-refractivity contribution < 1.29 is 0 Å². The number of nitrogens with one attached hydrogen (secondary N) is 1. The van der Waals surface area contributed by atoms with Gasteiger partial charge in [-0.2, -0.15) is 0 Å². The van der Waals surface area contributed by atoms with Gasteiger partial charge in [0.15, 0.2) is 0 Å². The minimum Gasteiger partial charge on any atom is -0.334 e. The molecule has 1 unspecified atom stereocenters. The van der Waals surface area contributed by atoms with E-state index < -0.39 is 0 Å². The van der Waals surface area contributed by atoms with Gasteiger partial charge in [0, 0.05) is 24.5 Å². The highest BCUT2D eigenvalue weighted by Crippen LogP contribution is 2.42. The Morgan fingerprint density at radius 2 is 2.11 bits per heavy atom. The average molecular weight is 250 g/mol. The third kappa shape index (κ3) is 2.08. The van der Waals surface area contributed by atoms with Crippen molar-refractivity contribution in [2.75, 3.05) is 21.1 Å². The average Bonchev–Trinajstić information content (AvgIpc) is 2.99. The van der Waals surface area contributed by atoms with Crippen LogP contribution in [0, 0.1) is 0 Å². The minimum atomic E-state index is 0.215. The molecule has 1 aromatic rings. The lowest BCUT2D eigenvalue weighted by Gasteiger charge is -2.42. The zero-order chi connectivity index (χ0) is 13.2. The fraction of sp³-hybridized carbons (Fsp3) is 0.786. The van der Waals surface area contributed by atoms with Gasteiger partial charge in [-0.15, -0.1) is 0 Å². The fourth-order valence-corrected chi connectivity index (χ4v) is 3.47. The highest BCUT2D eigenvalue weighted by Gasteiger charge is 2.44. The quantitative estimate of drug-likeness (QED) is 0.868. The number of imidazole rings is 1. The smallest absolute Gasteiger partial charge is 0.127 e.